The Morgan fingerprint density at radius 1 is 1.64 bits per heavy atom. The summed E-state index contributed by atoms with van der Waals surface area (Å²) in [5.74, 6) is 1.02. The van der Waals surface area contributed by atoms with Crippen molar-refractivity contribution >= 4 is 5.91 Å². The molecule has 1 atom stereocenters. The van der Waals surface area contributed by atoms with Gasteiger partial charge in [-0.15, -0.1) is 0 Å². The Morgan fingerprint density at radius 2 is 2.36 bits per heavy atom. The van der Waals surface area contributed by atoms with Crippen molar-refractivity contribution < 1.29 is 4.79 Å². The zero-order valence-corrected chi connectivity index (χ0v) is 7.47. The Bertz CT molecular complexity index is 144. The molecule has 1 fully saturated rings. The highest BCUT2D eigenvalue weighted by Gasteiger charge is 2.18. The molecule has 0 aromatic heterocycles. The highest BCUT2D eigenvalue weighted by molar-refractivity contribution is 5.75. The minimum Gasteiger partial charge on any atom is -0.342 e. The van der Waals surface area contributed by atoms with Gasteiger partial charge in [-0.1, -0.05) is 13.8 Å². The molecule has 1 rings (SSSR count). The van der Waals surface area contributed by atoms with Gasteiger partial charge >= 0.3 is 0 Å². The fraction of sp³-hybridized carbons (Fsp3) is 0.889. The van der Waals surface area contributed by atoms with E-state index in [1.807, 2.05) is 11.8 Å². The van der Waals surface area contributed by atoms with Crippen molar-refractivity contribution in [3.63, 3.8) is 0 Å². The van der Waals surface area contributed by atoms with E-state index < -0.39 is 0 Å². The molecular weight excluding hydrogens is 138 g/mol. The summed E-state index contributed by atoms with van der Waals surface area (Å²) in [6, 6.07) is 0. The van der Waals surface area contributed by atoms with Crippen molar-refractivity contribution in [2.45, 2.75) is 33.1 Å². The van der Waals surface area contributed by atoms with Gasteiger partial charge in [0.2, 0.25) is 5.91 Å². The van der Waals surface area contributed by atoms with Crippen LogP contribution in [0.2, 0.25) is 0 Å². The molecule has 0 saturated carbocycles. The summed E-state index contributed by atoms with van der Waals surface area (Å²) in [7, 11) is 0. The maximum absolute atomic E-state index is 11.2. The maximum Gasteiger partial charge on any atom is 0.222 e. The van der Waals surface area contributed by atoms with Gasteiger partial charge in [0.1, 0.15) is 0 Å². The summed E-state index contributed by atoms with van der Waals surface area (Å²) in [6.07, 6.45) is 3.13. The first-order valence-electron chi connectivity index (χ1n) is 4.51. The van der Waals surface area contributed by atoms with Crippen LogP contribution < -0.4 is 0 Å². The van der Waals surface area contributed by atoms with E-state index >= 15 is 0 Å². The van der Waals surface area contributed by atoms with Crippen LogP contribution in [0.1, 0.15) is 33.1 Å². The van der Waals surface area contributed by atoms with Gasteiger partial charge in [0, 0.05) is 19.5 Å². The van der Waals surface area contributed by atoms with Crippen molar-refractivity contribution in [2.24, 2.45) is 5.92 Å². The van der Waals surface area contributed by atoms with Crippen LogP contribution in [-0.4, -0.2) is 23.9 Å². The first-order valence-corrected chi connectivity index (χ1v) is 4.51. The molecule has 1 saturated heterocycles. The molecule has 0 spiro atoms. The Labute approximate surface area is 68.6 Å². The number of piperidine rings is 1. The van der Waals surface area contributed by atoms with E-state index in [4.69, 9.17) is 0 Å². The fourth-order valence-corrected chi connectivity index (χ4v) is 1.64. The third kappa shape index (κ3) is 2.21. The summed E-state index contributed by atoms with van der Waals surface area (Å²) in [5.41, 5.74) is 0. The quantitative estimate of drug-likeness (QED) is 0.564. The van der Waals surface area contributed by atoms with Gasteiger partial charge in [0.05, 0.1) is 0 Å². The van der Waals surface area contributed by atoms with Gasteiger partial charge in [-0.25, -0.2) is 0 Å². The number of hydrogen-bond acceptors (Lipinski definition) is 1. The molecule has 1 amide bonds. The average Bonchev–Trinajstić information content (AvgIpc) is 2.03. The molecule has 11 heavy (non-hydrogen) atoms. The number of hydrogen-bond donors (Lipinski definition) is 0. The molecular formula is C9H17NO. The van der Waals surface area contributed by atoms with Gasteiger partial charge < -0.3 is 4.90 Å². The Morgan fingerprint density at radius 3 is 2.91 bits per heavy atom. The van der Waals surface area contributed by atoms with Crippen molar-refractivity contribution in [1.82, 2.24) is 4.90 Å². The van der Waals surface area contributed by atoms with Crippen LogP contribution in [0.15, 0.2) is 0 Å². The largest absolute Gasteiger partial charge is 0.342 e. The molecule has 0 aromatic rings. The smallest absolute Gasteiger partial charge is 0.222 e. The Kier molecular flexibility index (Phi) is 2.92. The van der Waals surface area contributed by atoms with Gasteiger partial charge in [-0.3, -0.25) is 4.79 Å². The summed E-state index contributed by atoms with van der Waals surface area (Å²) in [5, 5.41) is 0. The number of nitrogens with zero attached hydrogens (tertiary/aromatic N) is 1. The number of rotatable bonds is 1. The Balaban J connectivity index is 2.39. The monoisotopic (exact) mass is 155 g/mol. The lowest BCUT2D eigenvalue weighted by Gasteiger charge is -2.30. The standard InChI is InChI=1S/C9H17NO/c1-3-9(11)10-6-4-5-8(2)7-10/h8H,3-7H2,1-2H3/t8-/m1/s1. The van der Waals surface area contributed by atoms with Crippen LogP contribution in [0.5, 0.6) is 0 Å². The SMILES string of the molecule is CCC(=O)N1CCC[C@@H](C)C1. The minimum atomic E-state index is 0.316. The highest BCUT2D eigenvalue weighted by atomic mass is 16.2. The lowest BCUT2D eigenvalue weighted by atomic mass is 10.0. The second kappa shape index (κ2) is 3.74. The zero-order chi connectivity index (χ0) is 8.27. The van der Waals surface area contributed by atoms with E-state index in [1.165, 1.54) is 12.8 Å². The summed E-state index contributed by atoms with van der Waals surface area (Å²) in [4.78, 5) is 13.2. The van der Waals surface area contributed by atoms with Crippen molar-refractivity contribution in [3.8, 4) is 0 Å². The average molecular weight is 155 g/mol. The van der Waals surface area contributed by atoms with Gasteiger partial charge in [0.15, 0.2) is 0 Å². The fourth-order valence-electron chi connectivity index (χ4n) is 1.64. The highest BCUT2D eigenvalue weighted by Crippen LogP contribution is 2.15. The third-order valence-corrected chi connectivity index (χ3v) is 2.31. The number of carbonyl (C=O) groups excluding carboxylic acids is 1. The van der Waals surface area contributed by atoms with Crippen LogP contribution in [0, 0.1) is 5.92 Å². The van der Waals surface area contributed by atoms with E-state index in [0.717, 1.165) is 13.1 Å². The number of amides is 1. The maximum atomic E-state index is 11.2. The van der Waals surface area contributed by atoms with E-state index in [1.54, 1.807) is 0 Å². The topological polar surface area (TPSA) is 20.3 Å². The van der Waals surface area contributed by atoms with Gasteiger partial charge in [-0.2, -0.15) is 0 Å². The van der Waals surface area contributed by atoms with E-state index in [2.05, 4.69) is 6.92 Å². The van der Waals surface area contributed by atoms with Crippen molar-refractivity contribution in [2.75, 3.05) is 13.1 Å². The molecule has 2 heteroatoms. The van der Waals surface area contributed by atoms with Gasteiger partial charge in [-0.05, 0) is 18.8 Å². The molecule has 1 aliphatic heterocycles. The van der Waals surface area contributed by atoms with E-state index in [0.29, 0.717) is 18.2 Å². The number of carbonyl (C=O) groups is 1. The predicted molar refractivity (Wildman–Crippen MR) is 45.3 cm³/mol. The predicted octanol–water partition coefficient (Wildman–Crippen LogP) is 1.65. The first-order chi connectivity index (χ1) is 5.24. The lowest BCUT2D eigenvalue weighted by molar-refractivity contribution is -0.132. The van der Waals surface area contributed by atoms with Crippen LogP contribution in [0.3, 0.4) is 0 Å². The van der Waals surface area contributed by atoms with Crippen molar-refractivity contribution in [1.29, 1.82) is 0 Å². The second-order valence-corrected chi connectivity index (χ2v) is 3.44. The molecule has 64 valence electrons. The van der Waals surface area contributed by atoms with Crippen LogP contribution >= 0.6 is 0 Å². The molecule has 0 radical (unpaired) electrons. The summed E-state index contributed by atoms with van der Waals surface area (Å²) in [6.45, 7) is 6.11. The van der Waals surface area contributed by atoms with Crippen LogP contribution in [-0.2, 0) is 4.79 Å². The number of likely N-dealkylation sites (tertiary alicyclic amines) is 1. The molecule has 0 aromatic carbocycles. The minimum absolute atomic E-state index is 0.316. The first kappa shape index (κ1) is 8.57. The van der Waals surface area contributed by atoms with Crippen LogP contribution in [0.4, 0.5) is 0 Å². The lowest BCUT2D eigenvalue weighted by Crippen LogP contribution is -2.38. The van der Waals surface area contributed by atoms with E-state index in [9.17, 15) is 4.79 Å². The molecule has 2 nitrogen and oxygen atoms in total. The molecule has 0 unspecified atom stereocenters. The third-order valence-electron chi connectivity index (χ3n) is 2.31. The van der Waals surface area contributed by atoms with E-state index in [-0.39, 0.29) is 0 Å². The molecule has 1 heterocycles. The van der Waals surface area contributed by atoms with Crippen molar-refractivity contribution in [3.05, 3.63) is 0 Å². The van der Waals surface area contributed by atoms with Crippen LogP contribution in [0.25, 0.3) is 0 Å². The molecule has 0 N–H and O–H groups in total. The summed E-state index contributed by atoms with van der Waals surface area (Å²) < 4.78 is 0. The Hall–Kier alpha value is -0.530. The molecule has 0 bridgehead atoms. The summed E-state index contributed by atoms with van der Waals surface area (Å²) >= 11 is 0. The zero-order valence-electron chi connectivity index (χ0n) is 7.47. The van der Waals surface area contributed by atoms with Gasteiger partial charge in [0.25, 0.3) is 0 Å². The normalized spacial score (nSPS) is 25.3. The molecule has 0 aliphatic carbocycles. The molecule has 1 aliphatic rings. The second-order valence-electron chi connectivity index (χ2n) is 3.44.